The average molecular weight is 355 g/mol. The van der Waals surface area contributed by atoms with Crippen LogP contribution in [-0.2, 0) is 6.42 Å². The van der Waals surface area contributed by atoms with Crippen LogP contribution in [0.1, 0.15) is 17.2 Å². The summed E-state index contributed by atoms with van der Waals surface area (Å²) in [6.45, 7) is 0. The summed E-state index contributed by atoms with van der Waals surface area (Å²) in [4.78, 5) is 0. The van der Waals surface area contributed by atoms with E-state index in [0.29, 0.717) is 0 Å². The summed E-state index contributed by atoms with van der Waals surface area (Å²) in [5, 5.41) is 4.07. The van der Waals surface area contributed by atoms with Gasteiger partial charge < -0.3 is 10.1 Å². The minimum atomic E-state index is 0.232. The third-order valence-corrected chi connectivity index (χ3v) is 4.48. The quantitative estimate of drug-likeness (QED) is 0.846. The molecule has 0 fully saturated rings. The van der Waals surface area contributed by atoms with E-state index >= 15 is 0 Å². The van der Waals surface area contributed by atoms with Gasteiger partial charge in [-0.2, -0.15) is 0 Å². The van der Waals surface area contributed by atoms with Gasteiger partial charge in [0.25, 0.3) is 0 Å². The minimum Gasteiger partial charge on any atom is -0.497 e. The number of methoxy groups -OCH3 is 1. The number of ether oxygens (including phenoxy) is 1. The Morgan fingerprint density at radius 3 is 2.70 bits per heavy atom. The van der Waals surface area contributed by atoms with E-state index in [9.17, 15) is 0 Å². The van der Waals surface area contributed by atoms with Crippen molar-refractivity contribution in [1.82, 2.24) is 5.32 Å². The average Bonchev–Trinajstić information content (AvgIpc) is 2.48. The number of rotatable bonds is 5. The fraction of sp³-hybridized carbons (Fsp3) is 0.250. The lowest BCUT2D eigenvalue weighted by Crippen LogP contribution is -2.18. The lowest BCUT2D eigenvalue weighted by molar-refractivity contribution is 0.414. The molecular formula is C16H17BrClNO. The van der Waals surface area contributed by atoms with Crippen molar-refractivity contribution in [3.05, 3.63) is 63.1 Å². The van der Waals surface area contributed by atoms with Crippen molar-refractivity contribution in [3.63, 3.8) is 0 Å². The van der Waals surface area contributed by atoms with Crippen molar-refractivity contribution in [1.29, 1.82) is 0 Å². The van der Waals surface area contributed by atoms with Crippen LogP contribution in [0, 0.1) is 0 Å². The number of benzene rings is 2. The second-order valence-corrected chi connectivity index (χ2v) is 5.83. The first kappa shape index (κ1) is 15.4. The Morgan fingerprint density at radius 1 is 1.25 bits per heavy atom. The summed E-state index contributed by atoms with van der Waals surface area (Å²) in [5.41, 5.74) is 2.43. The van der Waals surface area contributed by atoms with E-state index < -0.39 is 0 Å². The molecule has 0 aliphatic rings. The summed E-state index contributed by atoms with van der Waals surface area (Å²) in [5.74, 6) is 0.884. The maximum atomic E-state index is 6.04. The molecule has 0 radical (unpaired) electrons. The molecule has 0 saturated heterocycles. The maximum Gasteiger partial charge on any atom is 0.119 e. The van der Waals surface area contributed by atoms with Crippen LogP contribution >= 0.6 is 27.5 Å². The molecule has 2 nitrogen and oxygen atoms in total. The first-order chi connectivity index (χ1) is 9.63. The molecule has 1 N–H and O–H groups in total. The number of halogens is 2. The zero-order valence-electron chi connectivity index (χ0n) is 11.5. The first-order valence-corrected chi connectivity index (χ1v) is 7.56. The molecule has 0 aliphatic heterocycles. The maximum absolute atomic E-state index is 6.04. The molecule has 0 saturated carbocycles. The fourth-order valence-electron chi connectivity index (χ4n) is 2.15. The molecule has 0 heterocycles. The van der Waals surface area contributed by atoms with Crippen LogP contribution in [0.15, 0.2) is 46.9 Å². The minimum absolute atomic E-state index is 0.232. The van der Waals surface area contributed by atoms with E-state index in [1.165, 1.54) is 11.1 Å². The molecule has 1 atom stereocenters. The number of nitrogens with one attached hydrogen (secondary N) is 1. The van der Waals surface area contributed by atoms with Crippen molar-refractivity contribution in [3.8, 4) is 5.75 Å². The summed E-state index contributed by atoms with van der Waals surface area (Å²) in [7, 11) is 3.65. The Hall–Kier alpha value is -1.03. The molecule has 106 valence electrons. The lowest BCUT2D eigenvalue weighted by atomic mass is 9.99. The van der Waals surface area contributed by atoms with Crippen molar-refractivity contribution in [2.75, 3.05) is 14.2 Å². The van der Waals surface area contributed by atoms with Gasteiger partial charge in [-0.15, -0.1) is 0 Å². The second kappa shape index (κ2) is 7.11. The van der Waals surface area contributed by atoms with Crippen LogP contribution < -0.4 is 10.1 Å². The Kier molecular flexibility index (Phi) is 5.46. The fourth-order valence-corrected chi connectivity index (χ4v) is 2.66. The van der Waals surface area contributed by atoms with Crippen molar-refractivity contribution < 1.29 is 4.74 Å². The largest absolute Gasteiger partial charge is 0.497 e. The predicted molar refractivity (Wildman–Crippen MR) is 87.7 cm³/mol. The molecule has 2 aromatic rings. The molecule has 2 aromatic carbocycles. The lowest BCUT2D eigenvalue weighted by Gasteiger charge is -2.18. The van der Waals surface area contributed by atoms with E-state index in [4.69, 9.17) is 16.3 Å². The molecule has 20 heavy (non-hydrogen) atoms. The van der Waals surface area contributed by atoms with Gasteiger partial charge >= 0.3 is 0 Å². The monoisotopic (exact) mass is 353 g/mol. The normalized spacial score (nSPS) is 12.2. The zero-order chi connectivity index (χ0) is 14.5. The molecule has 1 unspecified atom stereocenters. The highest BCUT2D eigenvalue weighted by molar-refractivity contribution is 9.10. The van der Waals surface area contributed by atoms with Crippen LogP contribution in [0.4, 0.5) is 0 Å². The van der Waals surface area contributed by atoms with Gasteiger partial charge in [-0.05, 0) is 64.8 Å². The first-order valence-electron chi connectivity index (χ1n) is 6.39. The van der Waals surface area contributed by atoms with E-state index in [1.54, 1.807) is 7.11 Å². The third kappa shape index (κ3) is 3.75. The molecular weight excluding hydrogens is 338 g/mol. The van der Waals surface area contributed by atoms with Crippen LogP contribution in [0.2, 0.25) is 5.02 Å². The van der Waals surface area contributed by atoms with Crippen LogP contribution in [0.5, 0.6) is 5.75 Å². The van der Waals surface area contributed by atoms with E-state index in [0.717, 1.165) is 21.7 Å². The number of likely N-dealkylation sites (N-methyl/N-ethyl adjacent to an activating group) is 1. The highest BCUT2D eigenvalue weighted by Gasteiger charge is 2.12. The molecule has 0 spiro atoms. The number of hydrogen-bond donors (Lipinski definition) is 1. The van der Waals surface area contributed by atoms with Crippen LogP contribution in [-0.4, -0.2) is 14.2 Å². The topological polar surface area (TPSA) is 21.3 Å². The molecule has 0 bridgehead atoms. The highest BCUT2D eigenvalue weighted by Crippen LogP contribution is 2.28. The van der Waals surface area contributed by atoms with Gasteiger partial charge in [-0.1, -0.05) is 29.8 Å². The Labute approximate surface area is 133 Å². The van der Waals surface area contributed by atoms with E-state index in [2.05, 4.69) is 45.5 Å². The van der Waals surface area contributed by atoms with Crippen molar-refractivity contribution in [2.45, 2.75) is 12.5 Å². The van der Waals surface area contributed by atoms with Gasteiger partial charge in [0.1, 0.15) is 5.75 Å². The summed E-state index contributed by atoms with van der Waals surface area (Å²) in [6.07, 6.45) is 0.891. The molecule has 0 aliphatic carbocycles. The third-order valence-electron chi connectivity index (χ3n) is 3.27. The Bertz CT molecular complexity index is 588. The van der Waals surface area contributed by atoms with Gasteiger partial charge in [0.2, 0.25) is 0 Å². The zero-order valence-corrected chi connectivity index (χ0v) is 13.8. The summed E-state index contributed by atoms with van der Waals surface area (Å²) < 4.78 is 6.18. The van der Waals surface area contributed by atoms with Gasteiger partial charge in [-0.3, -0.25) is 0 Å². The van der Waals surface area contributed by atoms with Crippen molar-refractivity contribution in [2.24, 2.45) is 0 Å². The summed E-state index contributed by atoms with van der Waals surface area (Å²) in [6, 6.07) is 14.4. The standard InChI is InChI=1S/C16H17BrClNO/c1-19-16(12-6-7-15(18)14(17)10-12)9-11-4-3-5-13(8-11)20-2/h3-8,10,16,19H,9H2,1-2H3. The molecule has 2 rings (SSSR count). The van der Waals surface area contributed by atoms with E-state index in [1.807, 2.05) is 25.2 Å². The second-order valence-electron chi connectivity index (χ2n) is 4.57. The Balaban J connectivity index is 2.21. The van der Waals surface area contributed by atoms with Gasteiger partial charge in [-0.25, -0.2) is 0 Å². The smallest absolute Gasteiger partial charge is 0.119 e. The van der Waals surface area contributed by atoms with Crippen LogP contribution in [0.25, 0.3) is 0 Å². The predicted octanol–water partition coefficient (Wildman–Crippen LogP) is 4.61. The van der Waals surface area contributed by atoms with Gasteiger partial charge in [0.05, 0.1) is 12.1 Å². The summed E-state index contributed by atoms with van der Waals surface area (Å²) >= 11 is 9.52. The van der Waals surface area contributed by atoms with Crippen molar-refractivity contribution >= 4 is 27.5 Å². The highest BCUT2D eigenvalue weighted by atomic mass is 79.9. The Morgan fingerprint density at radius 2 is 2.05 bits per heavy atom. The van der Waals surface area contributed by atoms with E-state index in [-0.39, 0.29) is 6.04 Å². The van der Waals surface area contributed by atoms with Gasteiger partial charge in [0.15, 0.2) is 0 Å². The van der Waals surface area contributed by atoms with Crippen LogP contribution in [0.3, 0.4) is 0 Å². The molecule has 4 heteroatoms. The SMILES string of the molecule is CNC(Cc1cccc(OC)c1)c1ccc(Cl)c(Br)c1. The molecule has 0 amide bonds. The van der Waals surface area contributed by atoms with Gasteiger partial charge in [0, 0.05) is 10.5 Å². The number of hydrogen-bond acceptors (Lipinski definition) is 2. The molecule has 0 aromatic heterocycles.